The summed E-state index contributed by atoms with van der Waals surface area (Å²) in [6.07, 6.45) is 1.86. The summed E-state index contributed by atoms with van der Waals surface area (Å²) in [7, 11) is -7.52. The first kappa shape index (κ1) is 14.4. The summed E-state index contributed by atoms with van der Waals surface area (Å²) in [6.45, 7) is 0. The maximum absolute atomic E-state index is 11.4. The number of nitrogens with one attached hydrogen (secondary N) is 1. The third-order valence-electron chi connectivity index (χ3n) is 2.50. The van der Waals surface area contributed by atoms with Gasteiger partial charge in [-0.2, -0.15) is 0 Å². The van der Waals surface area contributed by atoms with Gasteiger partial charge < -0.3 is 5.11 Å². The van der Waals surface area contributed by atoms with Crippen molar-refractivity contribution < 1.29 is 26.7 Å². The van der Waals surface area contributed by atoms with Crippen molar-refractivity contribution in [2.45, 2.75) is 25.3 Å². The van der Waals surface area contributed by atoms with E-state index in [1.54, 1.807) is 0 Å². The lowest BCUT2D eigenvalue weighted by Crippen LogP contribution is -2.36. The van der Waals surface area contributed by atoms with E-state index >= 15 is 0 Å². The zero-order chi connectivity index (χ0) is 13.3. The van der Waals surface area contributed by atoms with Gasteiger partial charge in [-0.1, -0.05) is 0 Å². The quantitative estimate of drug-likeness (QED) is 0.680. The van der Waals surface area contributed by atoms with E-state index in [0.29, 0.717) is 12.8 Å². The minimum absolute atomic E-state index is 0.207. The molecule has 100 valence electrons. The molecular weight excluding hydrogens is 270 g/mol. The Labute approximate surface area is 100 Å². The van der Waals surface area contributed by atoms with Crippen LogP contribution in [-0.4, -0.2) is 45.3 Å². The number of carboxylic acid groups (broad SMARTS) is 1. The Morgan fingerprint density at radius 1 is 1.29 bits per heavy atom. The van der Waals surface area contributed by atoms with E-state index in [1.807, 2.05) is 0 Å². The van der Waals surface area contributed by atoms with Crippen molar-refractivity contribution in [2.24, 2.45) is 5.92 Å². The van der Waals surface area contributed by atoms with Crippen LogP contribution in [0, 0.1) is 5.92 Å². The van der Waals surface area contributed by atoms with Gasteiger partial charge in [-0.25, -0.2) is 21.6 Å². The molecule has 1 fully saturated rings. The summed E-state index contributed by atoms with van der Waals surface area (Å²) in [5.74, 6) is -1.50. The van der Waals surface area contributed by atoms with E-state index in [-0.39, 0.29) is 6.42 Å². The molecule has 1 aliphatic carbocycles. The SMILES string of the molecule is CS(=O)(=O)CS(=O)(=O)N[C@H]1CC[C@@H](C(=O)O)C1. The maximum Gasteiger partial charge on any atom is 0.306 e. The largest absolute Gasteiger partial charge is 0.481 e. The predicted molar refractivity (Wildman–Crippen MR) is 60.5 cm³/mol. The monoisotopic (exact) mass is 285 g/mol. The van der Waals surface area contributed by atoms with Gasteiger partial charge in [-0.05, 0) is 19.3 Å². The van der Waals surface area contributed by atoms with Gasteiger partial charge in [-0.15, -0.1) is 0 Å². The number of carbonyl (C=O) groups is 1. The highest BCUT2D eigenvalue weighted by atomic mass is 32.3. The molecule has 0 heterocycles. The summed E-state index contributed by atoms with van der Waals surface area (Å²) in [5, 5.41) is 7.78. The third kappa shape index (κ3) is 5.00. The molecule has 0 saturated heterocycles. The highest BCUT2D eigenvalue weighted by molar-refractivity contribution is 8.06. The second-order valence-electron chi connectivity index (χ2n) is 4.32. The first-order chi connectivity index (χ1) is 7.59. The van der Waals surface area contributed by atoms with Crippen LogP contribution in [0.15, 0.2) is 0 Å². The number of sulfonamides is 1. The van der Waals surface area contributed by atoms with Crippen molar-refractivity contribution >= 4 is 25.8 Å². The average Bonchev–Trinajstić information content (AvgIpc) is 2.46. The Kier molecular flexibility index (Phi) is 4.15. The molecule has 0 aromatic carbocycles. The van der Waals surface area contributed by atoms with Crippen molar-refractivity contribution in [1.29, 1.82) is 0 Å². The molecule has 0 spiro atoms. The van der Waals surface area contributed by atoms with Gasteiger partial charge in [0.05, 0.1) is 5.92 Å². The normalized spacial score (nSPS) is 25.9. The number of hydrogen-bond acceptors (Lipinski definition) is 5. The molecule has 0 radical (unpaired) electrons. The summed E-state index contributed by atoms with van der Waals surface area (Å²) in [4.78, 5) is 10.7. The minimum atomic E-state index is -3.90. The number of sulfone groups is 1. The van der Waals surface area contributed by atoms with E-state index in [4.69, 9.17) is 5.11 Å². The van der Waals surface area contributed by atoms with Crippen molar-refractivity contribution in [3.63, 3.8) is 0 Å². The van der Waals surface area contributed by atoms with Crippen LogP contribution in [0.2, 0.25) is 0 Å². The lowest BCUT2D eigenvalue weighted by atomic mass is 10.1. The fourth-order valence-electron chi connectivity index (χ4n) is 1.88. The van der Waals surface area contributed by atoms with Gasteiger partial charge >= 0.3 is 5.97 Å². The maximum atomic E-state index is 11.4. The van der Waals surface area contributed by atoms with Crippen molar-refractivity contribution in [2.75, 3.05) is 11.3 Å². The Morgan fingerprint density at radius 2 is 1.88 bits per heavy atom. The molecule has 1 rings (SSSR count). The van der Waals surface area contributed by atoms with Crippen LogP contribution in [0.5, 0.6) is 0 Å². The van der Waals surface area contributed by atoms with Crippen molar-refractivity contribution in [3.05, 3.63) is 0 Å². The molecule has 1 saturated carbocycles. The molecule has 0 bridgehead atoms. The number of hydrogen-bond donors (Lipinski definition) is 2. The predicted octanol–water partition coefficient (Wildman–Crippen LogP) is -0.839. The van der Waals surface area contributed by atoms with Crippen LogP contribution in [-0.2, 0) is 24.7 Å². The summed E-state index contributed by atoms with van der Waals surface area (Å²) < 4.78 is 46.9. The van der Waals surface area contributed by atoms with Crippen LogP contribution >= 0.6 is 0 Å². The van der Waals surface area contributed by atoms with Gasteiger partial charge in [0, 0.05) is 12.3 Å². The smallest absolute Gasteiger partial charge is 0.306 e. The first-order valence-corrected chi connectivity index (χ1v) is 8.71. The highest BCUT2D eigenvalue weighted by Crippen LogP contribution is 2.26. The lowest BCUT2D eigenvalue weighted by Gasteiger charge is -2.12. The molecule has 0 unspecified atom stereocenters. The Bertz CT molecular complexity index is 494. The molecule has 9 heteroatoms. The van der Waals surface area contributed by atoms with Crippen LogP contribution in [0.3, 0.4) is 0 Å². The number of carboxylic acids is 1. The highest BCUT2D eigenvalue weighted by Gasteiger charge is 2.32. The first-order valence-electron chi connectivity index (χ1n) is 4.99. The van der Waals surface area contributed by atoms with Gasteiger partial charge in [0.1, 0.15) is 0 Å². The van der Waals surface area contributed by atoms with E-state index < -0.39 is 42.9 Å². The Hall–Kier alpha value is -0.670. The summed E-state index contributed by atoms with van der Waals surface area (Å²) in [5.41, 5.74) is 0. The van der Waals surface area contributed by atoms with E-state index in [1.165, 1.54) is 0 Å². The Balaban J connectivity index is 2.59. The molecule has 0 aromatic heterocycles. The van der Waals surface area contributed by atoms with Crippen LogP contribution in [0.1, 0.15) is 19.3 Å². The minimum Gasteiger partial charge on any atom is -0.481 e. The van der Waals surface area contributed by atoms with Gasteiger partial charge in [0.2, 0.25) is 10.0 Å². The molecule has 7 nitrogen and oxygen atoms in total. The van der Waals surface area contributed by atoms with Gasteiger partial charge in [0.25, 0.3) is 0 Å². The molecule has 17 heavy (non-hydrogen) atoms. The van der Waals surface area contributed by atoms with Crippen LogP contribution in [0.25, 0.3) is 0 Å². The van der Waals surface area contributed by atoms with E-state index in [2.05, 4.69) is 4.72 Å². The second kappa shape index (κ2) is 4.91. The van der Waals surface area contributed by atoms with Crippen molar-refractivity contribution in [3.8, 4) is 0 Å². The zero-order valence-corrected chi connectivity index (χ0v) is 10.9. The average molecular weight is 285 g/mol. The molecule has 0 amide bonds. The molecule has 0 aromatic rings. The fraction of sp³-hybridized carbons (Fsp3) is 0.875. The van der Waals surface area contributed by atoms with Crippen molar-refractivity contribution in [1.82, 2.24) is 4.72 Å². The zero-order valence-electron chi connectivity index (χ0n) is 9.29. The van der Waals surface area contributed by atoms with Crippen LogP contribution < -0.4 is 4.72 Å². The number of rotatable bonds is 5. The Morgan fingerprint density at radius 3 is 2.29 bits per heavy atom. The molecule has 2 atom stereocenters. The second-order valence-corrected chi connectivity index (χ2v) is 8.58. The lowest BCUT2D eigenvalue weighted by molar-refractivity contribution is -0.141. The molecular formula is C8H15NO6S2. The summed E-state index contributed by atoms with van der Waals surface area (Å²) >= 11 is 0. The van der Waals surface area contributed by atoms with E-state index in [9.17, 15) is 21.6 Å². The van der Waals surface area contributed by atoms with Gasteiger partial charge in [0.15, 0.2) is 14.9 Å². The molecule has 1 aliphatic rings. The molecule has 2 N–H and O–H groups in total. The van der Waals surface area contributed by atoms with E-state index in [0.717, 1.165) is 6.26 Å². The van der Waals surface area contributed by atoms with Gasteiger partial charge in [-0.3, -0.25) is 4.79 Å². The summed E-state index contributed by atoms with van der Waals surface area (Å²) in [6, 6.07) is -0.483. The standard InChI is InChI=1S/C8H15NO6S2/c1-16(12,13)5-17(14,15)9-7-3-2-6(4-7)8(10)11/h6-7,9H,2-5H2,1H3,(H,10,11)/t6-,7+/m1/s1. The number of aliphatic carboxylic acids is 1. The fourth-order valence-corrected chi connectivity index (χ4v) is 5.13. The van der Waals surface area contributed by atoms with Crippen LogP contribution in [0.4, 0.5) is 0 Å². The molecule has 0 aliphatic heterocycles. The topological polar surface area (TPSA) is 118 Å². The third-order valence-corrected chi connectivity index (χ3v) is 6.14.